The van der Waals surface area contributed by atoms with Crippen LogP contribution in [0.3, 0.4) is 0 Å². The molecule has 1 heterocycles. The highest BCUT2D eigenvalue weighted by atomic mass is 79.9. The summed E-state index contributed by atoms with van der Waals surface area (Å²) in [5.74, 6) is -1.25. The second-order valence-electron chi connectivity index (χ2n) is 2.81. The smallest absolute Gasteiger partial charge is 0.166 e. The lowest BCUT2D eigenvalue weighted by Gasteiger charge is -2.03. The maximum atomic E-state index is 13.3. The monoisotopic (exact) mass is 274 g/mol. The molecule has 78 valence electrons. The lowest BCUT2D eigenvalue weighted by Crippen LogP contribution is -1.99. The van der Waals surface area contributed by atoms with Crippen LogP contribution >= 0.6 is 15.9 Å². The Morgan fingerprint density at radius 1 is 1.27 bits per heavy atom. The van der Waals surface area contributed by atoms with Crippen LogP contribution in [0, 0.1) is 11.6 Å². The Morgan fingerprint density at radius 3 is 2.60 bits per heavy atom. The van der Waals surface area contributed by atoms with Crippen molar-refractivity contribution in [3.05, 3.63) is 34.4 Å². The van der Waals surface area contributed by atoms with Crippen LogP contribution in [0.25, 0.3) is 5.69 Å². The highest BCUT2D eigenvalue weighted by molar-refractivity contribution is 9.10. The van der Waals surface area contributed by atoms with E-state index in [0.29, 0.717) is 0 Å². The lowest BCUT2D eigenvalue weighted by atomic mass is 10.3. The van der Waals surface area contributed by atoms with Crippen molar-refractivity contribution in [2.75, 3.05) is 5.73 Å². The standard InChI is InChI=1S/C8H5BrF2N4/c9-4-1-7(6(11)2-5(4)10)15-3-8(12)13-14-15/h1-3H,12H2. The summed E-state index contributed by atoms with van der Waals surface area (Å²) in [7, 11) is 0. The Labute approximate surface area is 91.8 Å². The number of anilines is 1. The third-order valence-electron chi connectivity index (χ3n) is 1.75. The average Bonchev–Trinajstić information content (AvgIpc) is 2.58. The fourth-order valence-electron chi connectivity index (χ4n) is 1.08. The Bertz CT molecular complexity index is 511. The van der Waals surface area contributed by atoms with Gasteiger partial charge in [0.1, 0.15) is 11.5 Å². The van der Waals surface area contributed by atoms with Crippen molar-refractivity contribution in [1.82, 2.24) is 15.0 Å². The largest absolute Gasteiger partial charge is 0.381 e. The van der Waals surface area contributed by atoms with Crippen LogP contribution in [0.5, 0.6) is 0 Å². The van der Waals surface area contributed by atoms with Gasteiger partial charge < -0.3 is 5.73 Å². The van der Waals surface area contributed by atoms with Crippen molar-refractivity contribution < 1.29 is 8.78 Å². The second-order valence-corrected chi connectivity index (χ2v) is 3.66. The first kappa shape index (κ1) is 10.0. The molecule has 1 aromatic carbocycles. The second kappa shape index (κ2) is 3.58. The molecule has 0 amide bonds. The van der Waals surface area contributed by atoms with Crippen LogP contribution in [-0.4, -0.2) is 15.0 Å². The van der Waals surface area contributed by atoms with Gasteiger partial charge in [0, 0.05) is 6.07 Å². The third-order valence-corrected chi connectivity index (χ3v) is 2.36. The highest BCUT2D eigenvalue weighted by Crippen LogP contribution is 2.22. The van der Waals surface area contributed by atoms with E-state index in [4.69, 9.17) is 5.73 Å². The number of rotatable bonds is 1. The molecule has 7 heteroatoms. The summed E-state index contributed by atoms with van der Waals surface area (Å²) in [4.78, 5) is 0. The lowest BCUT2D eigenvalue weighted by molar-refractivity contribution is 0.568. The molecule has 0 spiro atoms. The zero-order chi connectivity index (χ0) is 11.0. The van der Waals surface area contributed by atoms with Crippen molar-refractivity contribution in [3.8, 4) is 5.69 Å². The Kier molecular flexibility index (Phi) is 2.39. The minimum Gasteiger partial charge on any atom is -0.381 e. The van der Waals surface area contributed by atoms with Gasteiger partial charge in [-0.25, -0.2) is 13.5 Å². The predicted octanol–water partition coefficient (Wildman–Crippen LogP) is 1.89. The van der Waals surface area contributed by atoms with Crippen molar-refractivity contribution in [3.63, 3.8) is 0 Å². The first-order chi connectivity index (χ1) is 7.08. The van der Waals surface area contributed by atoms with E-state index in [9.17, 15) is 8.78 Å². The molecule has 0 saturated heterocycles. The molecule has 15 heavy (non-hydrogen) atoms. The molecule has 0 saturated carbocycles. The van der Waals surface area contributed by atoms with Crippen LogP contribution in [-0.2, 0) is 0 Å². The van der Waals surface area contributed by atoms with Crippen molar-refractivity contribution >= 4 is 21.7 Å². The summed E-state index contributed by atoms with van der Waals surface area (Å²) in [6, 6.07) is 2.02. The van der Waals surface area contributed by atoms with Gasteiger partial charge in [0.25, 0.3) is 0 Å². The van der Waals surface area contributed by atoms with Gasteiger partial charge in [-0.05, 0) is 22.0 Å². The van der Waals surface area contributed by atoms with E-state index in [-0.39, 0.29) is 16.0 Å². The van der Waals surface area contributed by atoms with E-state index >= 15 is 0 Å². The van der Waals surface area contributed by atoms with Crippen molar-refractivity contribution in [1.29, 1.82) is 0 Å². The molecule has 2 N–H and O–H groups in total. The molecule has 0 atom stereocenters. The van der Waals surface area contributed by atoms with Gasteiger partial charge in [-0.3, -0.25) is 0 Å². The molecule has 1 aromatic heterocycles. The number of aromatic nitrogens is 3. The van der Waals surface area contributed by atoms with Crippen molar-refractivity contribution in [2.45, 2.75) is 0 Å². The Hall–Kier alpha value is -1.50. The summed E-state index contributed by atoms with van der Waals surface area (Å²) in [5.41, 5.74) is 5.41. The molecular weight excluding hydrogens is 270 g/mol. The summed E-state index contributed by atoms with van der Waals surface area (Å²) in [6.45, 7) is 0. The first-order valence-corrected chi connectivity index (χ1v) is 4.70. The van der Waals surface area contributed by atoms with E-state index in [1.807, 2.05) is 0 Å². The molecule has 0 fully saturated rings. The van der Waals surface area contributed by atoms with Gasteiger partial charge >= 0.3 is 0 Å². The molecule has 0 unspecified atom stereocenters. The van der Waals surface area contributed by atoms with E-state index in [1.54, 1.807) is 0 Å². The van der Waals surface area contributed by atoms with Crippen LogP contribution in [0.4, 0.5) is 14.6 Å². The minimum atomic E-state index is -0.736. The number of nitrogens with zero attached hydrogens (tertiary/aromatic N) is 3. The van der Waals surface area contributed by atoms with Gasteiger partial charge in [-0.2, -0.15) is 0 Å². The fraction of sp³-hybridized carbons (Fsp3) is 0. The predicted molar refractivity (Wildman–Crippen MR) is 53.4 cm³/mol. The topological polar surface area (TPSA) is 56.7 Å². The molecule has 4 nitrogen and oxygen atoms in total. The Balaban J connectivity index is 2.58. The van der Waals surface area contributed by atoms with E-state index in [0.717, 1.165) is 10.7 Å². The minimum absolute atomic E-state index is 0.0764. The van der Waals surface area contributed by atoms with Gasteiger partial charge in [0.15, 0.2) is 11.6 Å². The zero-order valence-electron chi connectivity index (χ0n) is 7.28. The van der Waals surface area contributed by atoms with E-state index < -0.39 is 11.6 Å². The van der Waals surface area contributed by atoms with Gasteiger partial charge in [0.2, 0.25) is 0 Å². The summed E-state index contributed by atoms with van der Waals surface area (Å²) in [5, 5.41) is 7.08. The molecule has 0 aliphatic carbocycles. The molecule has 0 bridgehead atoms. The summed E-state index contributed by atoms with van der Waals surface area (Å²) in [6.07, 6.45) is 1.34. The number of benzene rings is 1. The molecule has 2 aromatic rings. The first-order valence-electron chi connectivity index (χ1n) is 3.90. The van der Waals surface area contributed by atoms with E-state index in [2.05, 4.69) is 26.2 Å². The molecular formula is C8H5BrF2N4. The highest BCUT2D eigenvalue weighted by Gasteiger charge is 2.11. The average molecular weight is 275 g/mol. The molecule has 0 aliphatic heterocycles. The number of hydrogen-bond acceptors (Lipinski definition) is 3. The molecule has 0 aliphatic rings. The van der Waals surface area contributed by atoms with Crippen LogP contribution < -0.4 is 5.73 Å². The van der Waals surface area contributed by atoms with Crippen LogP contribution in [0.15, 0.2) is 22.8 Å². The molecule has 0 radical (unpaired) electrons. The van der Waals surface area contributed by atoms with Crippen LogP contribution in [0.2, 0.25) is 0 Å². The normalized spacial score (nSPS) is 10.6. The number of nitrogen functional groups attached to an aromatic ring is 1. The number of nitrogens with two attached hydrogens (primary N) is 1. The number of hydrogen-bond donors (Lipinski definition) is 1. The summed E-state index contributed by atoms with van der Waals surface area (Å²) >= 11 is 2.95. The van der Waals surface area contributed by atoms with Gasteiger partial charge in [-0.1, -0.05) is 5.21 Å². The number of halogens is 3. The SMILES string of the molecule is Nc1cn(-c2cc(Br)c(F)cc2F)nn1. The van der Waals surface area contributed by atoms with Crippen molar-refractivity contribution in [2.24, 2.45) is 0 Å². The zero-order valence-corrected chi connectivity index (χ0v) is 8.87. The molecule has 2 rings (SSSR count). The van der Waals surface area contributed by atoms with Crippen LogP contribution in [0.1, 0.15) is 0 Å². The van der Waals surface area contributed by atoms with E-state index in [1.165, 1.54) is 12.3 Å². The maximum absolute atomic E-state index is 13.3. The third kappa shape index (κ3) is 1.82. The summed E-state index contributed by atoms with van der Waals surface area (Å²) < 4.78 is 27.5. The maximum Gasteiger partial charge on any atom is 0.166 e. The Morgan fingerprint density at radius 2 is 2.00 bits per heavy atom. The fourth-order valence-corrected chi connectivity index (χ4v) is 1.41. The van der Waals surface area contributed by atoms with Gasteiger partial charge in [-0.15, -0.1) is 5.10 Å². The van der Waals surface area contributed by atoms with Gasteiger partial charge in [0.05, 0.1) is 10.7 Å². The quantitative estimate of drug-likeness (QED) is 0.808.